The summed E-state index contributed by atoms with van der Waals surface area (Å²) in [4.78, 5) is 16.5. The molecule has 1 aliphatic carbocycles. The molecular formula is C22H27N3O3. The van der Waals surface area contributed by atoms with E-state index in [1.165, 1.54) is 0 Å². The number of hydrogen-bond donors (Lipinski definition) is 1. The molecule has 0 radical (unpaired) electrons. The molecule has 1 aromatic heterocycles. The lowest BCUT2D eigenvalue weighted by molar-refractivity contribution is -0.174. The Balaban J connectivity index is 1.36. The van der Waals surface area contributed by atoms with E-state index < -0.39 is 0 Å². The van der Waals surface area contributed by atoms with Crippen LogP contribution in [0.1, 0.15) is 31.7 Å². The predicted molar refractivity (Wildman–Crippen MR) is 107 cm³/mol. The molecule has 28 heavy (non-hydrogen) atoms. The van der Waals surface area contributed by atoms with E-state index in [2.05, 4.69) is 10.3 Å². The molecular weight excluding hydrogens is 354 g/mol. The first-order chi connectivity index (χ1) is 13.7. The second-order valence-corrected chi connectivity index (χ2v) is 7.48. The first kappa shape index (κ1) is 18.9. The summed E-state index contributed by atoms with van der Waals surface area (Å²) in [5.41, 5.74) is 2.06. The third-order valence-corrected chi connectivity index (χ3v) is 6.02. The van der Waals surface area contributed by atoms with Gasteiger partial charge in [0.1, 0.15) is 0 Å². The Bertz CT molecular complexity index is 808. The van der Waals surface area contributed by atoms with Crippen LogP contribution in [0.5, 0.6) is 0 Å². The number of rotatable bonds is 6. The summed E-state index contributed by atoms with van der Waals surface area (Å²) in [5.74, 6) is -0.0514. The summed E-state index contributed by atoms with van der Waals surface area (Å²) in [7, 11) is 0. The van der Waals surface area contributed by atoms with E-state index in [0.717, 1.165) is 43.7 Å². The van der Waals surface area contributed by atoms with Crippen LogP contribution in [0, 0.1) is 5.41 Å². The van der Waals surface area contributed by atoms with Gasteiger partial charge in [-0.05, 0) is 50.0 Å². The zero-order valence-electron chi connectivity index (χ0n) is 16.2. The summed E-state index contributed by atoms with van der Waals surface area (Å²) in [6.45, 7) is 4.23. The summed E-state index contributed by atoms with van der Waals surface area (Å²) >= 11 is 0. The van der Waals surface area contributed by atoms with Gasteiger partial charge in [-0.3, -0.25) is 4.79 Å². The Morgan fingerprint density at radius 3 is 2.82 bits per heavy atom. The average Bonchev–Trinajstić information content (AvgIpc) is 3.27. The lowest BCUT2D eigenvalue weighted by Crippen LogP contribution is -2.66. The molecule has 2 unspecified atom stereocenters. The second-order valence-electron chi connectivity index (χ2n) is 7.48. The number of nitrogens with zero attached hydrogens (tertiary/aromatic N) is 2. The Kier molecular flexibility index (Phi) is 5.59. The number of benzene rings is 1. The Morgan fingerprint density at radius 1 is 1.36 bits per heavy atom. The monoisotopic (exact) mass is 381 g/mol. The van der Waals surface area contributed by atoms with Crippen molar-refractivity contribution < 1.29 is 14.3 Å². The van der Waals surface area contributed by atoms with Gasteiger partial charge in [-0.15, -0.1) is 0 Å². The minimum atomic E-state index is -0.0514. The number of aromatic nitrogens is 2. The van der Waals surface area contributed by atoms with E-state index in [1.54, 1.807) is 18.6 Å². The number of carbonyl (C=O) groups is 1. The molecule has 148 valence electrons. The van der Waals surface area contributed by atoms with Crippen molar-refractivity contribution in [3.05, 3.63) is 54.6 Å². The SMILES string of the molecule is CCOC1CC(NC(=O)/C=C/c2ccc(-n3ccnc3)cc2)C12CCOCC2. The fraction of sp³-hybridized carbons (Fsp3) is 0.455. The Hall–Kier alpha value is -2.44. The molecule has 0 bridgehead atoms. The van der Waals surface area contributed by atoms with Gasteiger partial charge in [-0.2, -0.15) is 0 Å². The van der Waals surface area contributed by atoms with Gasteiger partial charge < -0.3 is 19.4 Å². The zero-order valence-corrected chi connectivity index (χ0v) is 16.2. The van der Waals surface area contributed by atoms with Crippen LogP contribution in [-0.4, -0.2) is 47.4 Å². The van der Waals surface area contributed by atoms with Gasteiger partial charge in [0.15, 0.2) is 0 Å². The van der Waals surface area contributed by atoms with Crippen molar-refractivity contribution >= 4 is 12.0 Å². The molecule has 1 aromatic carbocycles. The number of carbonyl (C=O) groups excluding carboxylic acids is 1. The van der Waals surface area contributed by atoms with Crippen molar-refractivity contribution in [2.45, 2.75) is 38.3 Å². The second kappa shape index (κ2) is 8.29. The molecule has 1 aliphatic heterocycles. The summed E-state index contributed by atoms with van der Waals surface area (Å²) in [6, 6.07) is 8.17. The molecule has 2 atom stereocenters. The number of ether oxygens (including phenoxy) is 2. The van der Waals surface area contributed by atoms with Gasteiger partial charge in [0.2, 0.25) is 5.91 Å². The molecule has 1 saturated carbocycles. The first-order valence-corrected chi connectivity index (χ1v) is 9.97. The lowest BCUT2D eigenvalue weighted by atomic mass is 9.57. The summed E-state index contributed by atoms with van der Waals surface area (Å²) < 4.78 is 13.4. The predicted octanol–water partition coefficient (Wildman–Crippen LogP) is 2.98. The molecule has 1 amide bonds. The van der Waals surface area contributed by atoms with Gasteiger partial charge in [-0.1, -0.05) is 12.1 Å². The largest absolute Gasteiger partial charge is 0.381 e. The molecule has 1 N–H and O–H groups in total. The highest BCUT2D eigenvalue weighted by atomic mass is 16.5. The topological polar surface area (TPSA) is 65.4 Å². The smallest absolute Gasteiger partial charge is 0.244 e. The maximum absolute atomic E-state index is 12.5. The fourth-order valence-corrected chi connectivity index (χ4v) is 4.37. The molecule has 4 rings (SSSR count). The van der Waals surface area contributed by atoms with Gasteiger partial charge in [0.05, 0.1) is 12.4 Å². The van der Waals surface area contributed by atoms with Crippen molar-refractivity contribution in [1.82, 2.24) is 14.9 Å². The van der Waals surface area contributed by atoms with Crippen molar-refractivity contribution in [3.8, 4) is 5.69 Å². The van der Waals surface area contributed by atoms with E-state index >= 15 is 0 Å². The van der Waals surface area contributed by atoms with Crippen LogP contribution in [0.4, 0.5) is 0 Å². The van der Waals surface area contributed by atoms with E-state index in [1.807, 2.05) is 48.0 Å². The molecule has 2 aromatic rings. The quantitative estimate of drug-likeness (QED) is 0.782. The maximum Gasteiger partial charge on any atom is 0.244 e. The van der Waals surface area contributed by atoms with Gasteiger partial charge in [0, 0.05) is 55.4 Å². The normalized spacial score (nSPS) is 23.6. The Morgan fingerprint density at radius 2 is 2.14 bits per heavy atom. The number of nitrogens with one attached hydrogen (secondary N) is 1. The van der Waals surface area contributed by atoms with E-state index in [4.69, 9.17) is 9.47 Å². The fourth-order valence-electron chi connectivity index (χ4n) is 4.37. The molecule has 2 aliphatic rings. The molecule has 2 heterocycles. The molecule has 6 nitrogen and oxygen atoms in total. The zero-order chi connectivity index (χ0) is 19.4. The number of imidazole rings is 1. The standard InChI is InChI=1S/C22H27N3O3/c1-2-28-20-15-19(22(20)9-13-27-14-10-22)24-21(26)8-5-17-3-6-18(7-4-17)25-12-11-23-16-25/h3-8,11-12,16,19-20H,2,9-10,13-15H2,1H3,(H,24,26)/b8-5+. The van der Waals surface area contributed by atoms with Crippen LogP contribution in [0.15, 0.2) is 49.1 Å². The van der Waals surface area contributed by atoms with Crippen LogP contribution < -0.4 is 5.32 Å². The van der Waals surface area contributed by atoms with Crippen molar-refractivity contribution in [2.24, 2.45) is 5.41 Å². The van der Waals surface area contributed by atoms with Crippen LogP contribution in [0.3, 0.4) is 0 Å². The number of amides is 1. The number of hydrogen-bond acceptors (Lipinski definition) is 4. The first-order valence-electron chi connectivity index (χ1n) is 9.97. The van der Waals surface area contributed by atoms with Crippen LogP contribution >= 0.6 is 0 Å². The van der Waals surface area contributed by atoms with Crippen LogP contribution in [0.25, 0.3) is 11.8 Å². The minimum absolute atomic E-state index is 0.0320. The summed E-state index contributed by atoms with van der Waals surface area (Å²) in [6.07, 6.45) is 11.9. The Labute approximate surface area is 165 Å². The van der Waals surface area contributed by atoms with E-state index in [0.29, 0.717) is 6.61 Å². The molecule has 2 fully saturated rings. The highest BCUT2D eigenvalue weighted by molar-refractivity contribution is 5.92. The highest BCUT2D eigenvalue weighted by Crippen LogP contribution is 2.50. The maximum atomic E-state index is 12.5. The minimum Gasteiger partial charge on any atom is -0.381 e. The van der Waals surface area contributed by atoms with Crippen LogP contribution in [0.2, 0.25) is 0 Å². The van der Waals surface area contributed by atoms with Gasteiger partial charge in [0.25, 0.3) is 0 Å². The van der Waals surface area contributed by atoms with Crippen LogP contribution in [-0.2, 0) is 14.3 Å². The lowest BCUT2D eigenvalue weighted by Gasteiger charge is -2.57. The average molecular weight is 381 g/mol. The van der Waals surface area contributed by atoms with E-state index in [9.17, 15) is 4.79 Å². The highest BCUT2D eigenvalue weighted by Gasteiger charge is 2.56. The third-order valence-electron chi connectivity index (χ3n) is 6.02. The third kappa shape index (κ3) is 3.75. The molecule has 1 saturated heterocycles. The van der Waals surface area contributed by atoms with Crippen molar-refractivity contribution in [1.29, 1.82) is 0 Å². The van der Waals surface area contributed by atoms with Crippen molar-refractivity contribution in [2.75, 3.05) is 19.8 Å². The molecule has 1 spiro atoms. The van der Waals surface area contributed by atoms with Crippen molar-refractivity contribution in [3.63, 3.8) is 0 Å². The summed E-state index contributed by atoms with van der Waals surface area (Å²) in [5, 5.41) is 3.20. The van der Waals surface area contributed by atoms with Gasteiger partial charge >= 0.3 is 0 Å². The molecule has 6 heteroatoms. The van der Waals surface area contributed by atoms with E-state index in [-0.39, 0.29) is 23.5 Å². The van der Waals surface area contributed by atoms with Gasteiger partial charge in [-0.25, -0.2) is 4.98 Å².